The van der Waals surface area contributed by atoms with Crippen molar-refractivity contribution < 1.29 is 28.1 Å². The van der Waals surface area contributed by atoms with Crippen LogP contribution in [0.3, 0.4) is 0 Å². The molecule has 1 aromatic heterocycles. The van der Waals surface area contributed by atoms with Gasteiger partial charge in [-0.15, -0.1) is 0 Å². The summed E-state index contributed by atoms with van der Waals surface area (Å²) < 4.78 is 17.9. The highest BCUT2D eigenvalue weighted by molar-refractivity contribution is 6.01. The molecule has 2 heterocycles. The van der Waals surface area contributed by atoms with Crippen molar-refractivity contribution >= 4 is 31.9 Å². The third kappa shape index (κ3) is 5.47. The van der Waals surface area contributed by atoms with E-state index < -0.39 is 0 Å². The molecule has 170 valence electrons. The molecule has 1 aliphatic heterocycles. The number of halogens is 2. The topological polar surface area (TPSA) is 72.5 Å². The molecule has 2 aromatic rings. The monoisotopic (exact) mass is 444 g/mol. The standard InChI is InChI=1S/C23H27BN3O3.2FH/c1-15-12-17(26-22(15)18(9-10-25)19-6-5-11-27(19)24)8-7-16-13-20(28-2)23(30-4)21(14-16)29-3;;/h5-8,11-14,26H,9-10,25H2,1-4H3;2*1H/q+1;;/b8-7+;;. The molecule has 0 amide bonds. The van der Waals surface area contributed by atoms with Gasteiger partial charge in [0, 0.05) is 23.4 Å². The molecule has 3 N–H and O–H groups in total. The molecule has 0 saturated heterocycles. The van der Waals surface area contributed by atoms with Crippen LogP contribution >= 0.6 is 0 Å². The summed E-state index contributed by atoms with van der Waals surface area (Å²) in [6, 6.07) is 5.91. The number of nitrogens with one attached hydrogen (secondary N) is 1. The van der Waals surface area contributed by atoms with Crippen LogP contribution in [0.1, 0.15) is 28.9 Å². The van der Waals surface area contributed by atoms with E-state index in [4.69, 9.17) is 27.9 Å². The number of hydrogen-bond acceptors (Lipinski definition) is 4. The summed E-state index contributed by atoms with van der Waals surface area (Å²) in [4.78, 5) is 3.50. The highest BCUT2D eigenvalue weighted by Crippen LogP contribution is 2.38. The van der Waals surface area contributed by atoms with Gasteiger partial charge in [0.05, 0.1) is 27.0 Å². The first-order valence-electron chi connectivity index (χ1n) is 9.69. The van der Waals surface area contributed by atoms with Crippen LogP contribution in [0, 0.1) is 6.92 Å². The van der Waals surface area contributed by atoms with Gasteiger partial charge in [0.1, 0.15) is 6.21 Å². The number of ether oxygens (including phenoxy) is 3. The summed E-state index contributed by atoms with van der Waals surface area (Å²) in [5.41, 5.74) is 12.0. The van der Waals surface area contributed by atoms with E-state index >= 15 is 0 Å². The molecule has 3 rings (SSSR count). The molecule has 1 aromatic carbocycles. The zero-order valence-electron chi connectivity index (χ0n) is 18.7. The average molecular weight is 444 g/mol. The predicted molar refractivity (Wildman–Crippen MR) is 127 cm³/mol. The van der Waals surface area contributed by atoms with Crippen LogP contribution in [-0.2, 0) is 0 Å². The molecule has 0 unspecified atom stereocenters. The fourth-order valence-electron chi connectivity index (χ4n) is 3.55. The Balaban J connectivity index is 0.00000256. The Morgan fingerprint density at radius 2 is 1.72 bits per heavy atom. The van der Waals surface area contributed by atoms with E-state index in [1.165, 1.54) is 0 Å². The van der Waals surface area contributed by atoms with Crippen molar-refractivity contribution in [2.45, 2.75) is 13.3 Å². The van der Waals surface area contributed by atoms with Gasteiger partial charge in [-0.05, 0) is 55.3 Å². The van der Waals surface area contributed by atoms with Crippen molar-refractivity contribution in [3.05, 3.63) is 58.6 Å². The molecule has 9 heteroatoms. The van der Waals surface area contributed by atoms with Gasteiger partial charge in [-0.25, -0.2) is 0 Å². The fraction of sp³-hybridized carbons (Fsp3) is 0.261. The Bertz CT molecular complexity index is 1030. The second-order valence-corrected chi connectivity index (χ2v) is 6.89. The van der Waals surface area contributed by atoms with Crippen molar-refractivity contribution in [2.75, 3.05) is 27.9 Å². The predicted octanol–water partition coefficient (Wildman–Crippen LogP) is 3.62. The Labute approximate surface area is 188 Å². The molecule has 0 aliphatic carbocycles. The lowest BCUT2D eigenvalue weighted by Gasteiger charge is -2.12. The van der Waals surface area contributed by atoms with E-state index in [-0.39, 0.29) is 9.41 Å². The minimum Gasteiger partial charge on any atom is -0.493 e. The maximum atomic E-state index is 6.07. The van der Waals surface area contributed by atoms with Gasteiger partial charge in [0.25, 0.3) is 0 Å². The molecule has 32 heavy (non-hydrogen) atoms. The molecule has 0 atom stereocenters. The molecule has 6 nitrogen and oxygen atoms in total. The number of rotatable bonds is 8. The van der Waals surface area contributed by atoms with Crippen LogP contribution in [0.25, 0.3) is 17.7 Å². The highest BCUT2D eigenvalue weighted by Gasteiger charge is 2.20. The van der Waals surface area contributed by atoms with E-state index in [1.807, 2.05) is 42.7 Å². The van der Waals surface area contributed by atoms with Crippen molar-refractivity contribution in [1.82, 2.24) is 4.98 Å². The summed E-state index contributed by atoms with van der Waals surface area (Å²) >= 11 is 0. The van der Waals surface area contributed by atoms with E-state index in [9.17, 15) is 0 Å². The zero-order chi connectivity index (χ0) is 21.7. The van der Waals surface area contributed by atoms with Crippen LogP contribution < -0.4 is 19.9 Å². The molecule has 0 fully saturated rings. The lowest BCUT2D eigenvalue weighted by atomic mass is 10.0. The van der Waals surface area contributed by atoms with E-state index in [0.717, 1.165) is 40.2 Å². The van der Waals surface area contributed by atoms with Gasteiger partial charge in [0.2, 0.25) is 5.75 Å². The third-order valence-electron chi connectivity index (χ3n) is 4.96. The number of methoxy groups -OCH3 is 3. The summed E-state index contributed by atoms with van der Waals surface area (Å²) in [7, 11) is 10.9. The van der Waals surface area contributed by atoms with Crippen LogP contribution in [0.2, 0.25) is 0 Å². The van der Waals surface area contributed by atoms with Crippen LogP contribution in [0.4, 0.5) is 9.41 Å². The first-order valence-corrected chi connectivity index (χ1v) is 9.69. The normalized spacial score (nSPS) is 14.0. The molecular weight excluding hydrogens is 415 g/mol. The Hall–Kier alpha value is -3.33. The minimum absolute atomic E-state index is 0. The van der Waals surface area contributed by atoms with E-state index in [2.05, 4.69) is 18.0 Å². The first-order chi connectivity index (χ1) is 14.5. The Morgan fingerprint density at radius 3 is 2.22 bits per heavy atom. The summed E-state index contributed by atoms with van der Waals surface area (Å²) in [6.07, 6.45) is 10.5. The second kappa shape index (κ2) is 11.9. The quantitative estimate of drug-likeness (QED) is 0.611. The summed E-state index contributed by atoms with van der Waals surface area (Å²) in [6.45, 7) is 2.61. The minimum atomic E-state index is 0. The van der Waals surface area contributed by atoms with E-state index in [0.29, 0.717) is 23.8 Å². The number of H-pyrrole nitrogens is 1. The lowest BCUT2D eigenvalue weighted by Crippen LogP contribution is -2.09. The second-order valence-electron chi connectivity index (χ2n) is 6.89. The van der Waals surface area contributed by atoms with Gasteiger partial charge in [0.15, 0.2) is 17.2 Å². The highest BCUT2D eigenvalue weighted by atomic mass is 19.0. The molecule has 0 spiro atoms. The smallest absolute Gasteiger partial charge is 0.493 e. The maximum Gasteiger partial charge on any atom is 0.586 e. The number of aromatic nitrogens is 1. The van der Waals surface area contributed by atoms with Gasteiger partial charge < -0.3 is 24.9 Å². The van der Waals surface area contributed by atoms with E-state index in [1.54, 1.807) is 25.8 Å². The van der Waals surface area contributed by atoms with Crippen LogP contribution in [0.15, 0.2) is 36.0 Å². The van der Waals surface area contributed by atoms with Crippen LogP contribution in [0.5, 0.6) is 17.2 Å². The van der Waals surface area contributed by atoms with Gasteiger partial charge in [-0.2, -0.15) is 0 Å². The van der Waals surface area contributed by atoms with Gasteiger partial charge in [-0.1, -0.05) is 6.08 Å². The van der Waals surface area contributed by atoms with Crippen molar-refractivity contribution in [3.63, 3.8) is 0 Å². The third-order valence-corrected chi connectivity index (χ3v) is 4.96. The summed E-state index contributed by atoms with van der Waals surface area (Å²) in [5.74, 6) is 1.80. The number of nitrogens with zero attached hydrogens (tertiary/aromatic N) is 1. The fourth-order valence-corrected chi connectivity index (χ4v) is 3.55. The number of hydrogen-bond donors (Lipinski definition) is 2. The van der Waals surface area contributed by atoms with Gasteiger partial charge >= 0.3 is 7.98 Å². The molecule has 2 radical (unpaired) electrons. The SMILES string of the molecule is F.F.[B][N+]1=CC=CC1=C(CCN)c1[nH]c(/C=C/c2cc(OC)c(OC)c(OC)c2)cc1C. The molecule has 1 aliphatic rings. The lowest BCUT2D eigenvalue weighted by molar-refractivity contribution is -0.294. The average Bonchev–Trinajstić information content (AvgIpc) is 3.34. The largest absolute Gasteiger partial charge is 0.586 e. The number of allylic oxidation sites excluding steroid dienone is 2. The van der Waals surface area contributed by atoms with Crippen molar-refractivity contribution in [1.29, 1.82) is 0 Å². The zero-order valence-corrected chi connectivity index (χ0v) is 18.7. The summed E-state index contributed by atoms with van der Waals surface area (Å²) in [5, 5.41) is 0. The maximum absolute atomic E-state index is 6.07. The van der Waals surface area contributed by atoms with Gasteiger partial charge in [-0.3, -0.25) is 13.9 Å². The van der Waals surface area contributed by atoms with Crippen LogP contribution in [-0.4, -0.2) is 51.5 Å². The number of benzene rings is 1. The first kappa shape index (κ1) is 26.7. The molecule has 0 bridgehead atoms. The molecule has 0 saturated carbocycles. The number of aromatic amines is 1. The Morgan fingerprint density at radius 1 is 1.06 bits per heavy atom. The number of aryl methyl sites for hydroxylation is 1. The molecular formula is C23H29BF2N3O3+. The van der Waals surface area contributed by atoms with Crippen molar-refractivity contribution in [2.24, 2.45) is 5.73 Å². The van der Waals surface area contributed by atoms with Crippen molar-refractivity contribution in [3.8, 4) is 17.2 Å². The Kier molecular flexibility index (Phi) is 9.93. The number of nitrogens with two attached hydrogens (primary N) is 1.